The van der Waals surface area contributed by atoms with Crippen LogP contribution in [0.3, 0.4) is 0 Å². The Morgan fingerprint density at radius 1 is 1.55 bits per heavy atom. The summed E-state index contributed by atoms with van der Waals surface area (Å²) in [7, 11) is 0. The molecule has 1 fully saturated rings. The Kier molecular flexibility index (Phi) is 7.23. The molecular weight excluding hydrogens is 291 g/mol. The maximum absolute atomic E-state index is 13.2. The zero-order valence-corrected chi connectivity index (χ0v) is 12.6. The highest BCUT2D eigenvalue weighted by Crippen LogP contribution is 2.27. The Morgan fingerprint density at radius 2 is 2.32 bits per heavy atom. The highest BCUT2D eigenvalue weighted by Gasteiger charge is 2.26. The molecule has 5 N–H and O–H groups in total. The van der Waals surface area contributed by atoms with Gasteiger partial charge in [-0.15, -0.1) is 0 Å². The van der Waals surface area contributed by atoms with Gasteiger partial charge in [0.05, 0.1) is 6.61 Å². The SMILES string of the molecule is Cc1cc(F)ccc1[C@H]1C[C@@H](OC(=O)NCCO)CCN1.O. The number of aliphatic hydroxyl groups excluding tert-OH is 1. The average Bonchev–Trinajstić information content (AvgIpc) is 2.45. The Hall–Kier alpha value is -1.70. The quantitative estimate of drug-likeness (QED) is 0.765. The van der Waals surface area contributed by atoms with Gasteiger partial charge in [-0.25, -0.2) is 9.18 Å². The minimum Gasteiger partial charge on any atom is -0.446 e. The molecule has 1 heterocycles. The molecule has 1 amide bonds. The smallest absolute Gasteiger partial charge is 0.407 e. The van der Waals surface area contributed by atoms with Crippen molar-refractivity contribution in [1.29, 1.82) is 0 Å². The van der Waals surface area contributed by atoms with E-state index in [9.17, 15) is 9.18 Å². The molecule has 0 aromatic heterocycles. The van der Waals surface area contributed by atoms with E-state index in [0.717, 1.165) is 24.1 Å². The summed E-state index contributed by atoms with van der Waals surface area (Å²) in [5, 5.41) is 14.5. The van der Waals surface area contributed by atoms with E-state index >= 15 is 0 Å². The van der Waals surface area contributed by atoms with Crippen LogP contribution in [0.15, 0.2) is 18.2 Å². The Morgan fingerprint density at radius 3 is 3.00 bits per heavy atom. The molecule has 0 spiro atoms. The van der Waals surface area contributed by atoms with Gasteiger partial charge >= 0.3 is 6.09 Å². The molecule has 1 aromatic carbocycles. The number of aryl methyl sites for hydroxylation is 1. The number of amides is 1. The van der Waals surface area contributed by atoms with E-state index in [1.165, 1.54) is 12.1 Å². The highest BCUT2D eigenvalue weighted by molar-refractivity contribution is 5.67. The predicted molar refractivity (Wildman–Crippen MR) is 80.1 cm³/mol. The molecule has 1 saturated heterocycles. The van der Waals surface area contributed by atoms with Crippen molar-refractivity contribution in [3.8, 4) is 0 Å². The van der Waals surface area contributed by atoms with Gasteiger partial charge in [0.25, 0.3) is 0 Å². The van der Waals surface area contributed by atoms with Gasteiger partial charge in [-0.3, -0.25) is 0 Å². The average molecular weight is 314 g/mol. The molecule has 0 radical (unpaired) electrons. The van der Waals surface area contributed by atoms with Crippen molar-refractivity contribution in [2.45, 2.75) is 31.9 Å². The fraction of sp³-hybridized carbons (Fsp3) is 0.533. The van der Waals surface area contributed by atoms with Gasteiger partial charge in [0.15, 0.2) is 0 Å². The lowest BCUT2D eigenvalue weighted by Gasteiger charge is -2.31. The summed E-state index contributed by atoms with van der Waals surface area (Å²) < 4.78 is 18.5. The van der Waals surface area contributed by atoms with Crippen LogP contribution in [0.5, 0.6) is 0 Å². The summed E-state index contributed by atoms with van der Waals surface area (Å²) in [6.45, 7) is 2.68. The van der Waals surface area contributed by atoms with Gasteiger partial charge in [0, 0.05) is 19.0 Å². The van der Waals surface area contributed by atoms with Crippen LogP contribution in [-0.4, -0.2) is 42.5 Å². The largest absolute Gasteiger partial charge is 0.446 e. The van der Waals surface area contributed by atoms with Crippen molar-refractivity contribution in [3.63, 3.8) is 0 Å². The highest BCUT2D eigenvalue weighted by atomic mass is 19.1. The van der Waals surface area contributed by atoms with E-state index in [4.69, 9.17) is 9.84 Å². The first-order valence-corrected chi connectivity index (χ1v) is 7.15. The molecule has 6 nitrogen and oxygen atoms in total. The van der Waals surface area contributed by atoms with Crippen LogP contribution < -0.4 is 10.6 Å². The maximum Gasteiger partial charge on any atom is 0.407 e. The third kappa shape index (κ3) is 4.94. The van der Waals surface area contributed by atoms with Crippen molar-refractivity contribution in [3.05, 3.63) is 35.1 Å². The lowest BCUT2D eigenvalue weighted by atomic mass is 9.92. The summed E-state index contributed by atoms with van der Waals surface area (Å²) >= 11 is 0. The molecule has 7 heteroatoms. The number of aliphatic hydroxyl groups is 1. The zero-order valence-electron chi connectivity index (χ0n) is 12.6. The molecule has 0 unspecified atom stereocenters. The van der Waals surface area contributed by atoms with Gasteiger partial charge in [-0.1, -0.05) is 6.07 Å². The maximum atomic E-state index is 13.2. The number of hydrogen-bond acceptors (Lipinski definition) is 4. The van der Waals surface area contributed by atoms with Crippen LogP contribution in [0.1, 0.15) is 30.0 Å². The van der Waals surface area contributed by atoms with Gasteiger partial charge < -0.3 is 26.0 Å². The molecule has 1 aliphatic heterocycles. The van der Waals surface area contributed by atoms with E-state index in [-0.39, 0.29) is 36.6 Å². The summed E-state index contributed by atoms with van der Waals surface area (Å²) in [6.07, 6.45) is 0.701. The monoisotopic (exact) mass is 314 g/mol. The van der Waals surface area contributed by atoms with E-state index < -0.39 is 6.09 Å². The molecular formula is C15H23FN2O4. The number of carbonyl (C=O) groups is 1. The number of hydrogen-bond donors (Lipinski definition) is 3. The van der Waals surface area contributed by atoms with Crippen LogP contribution >= 0.6 is 0 Å². The number of alkyl carbamates (subject to hydrolysis) is 1. The molecule has 0 saturated carbocycles. The van der Waals surface area contributed by atoms with Crippen LogP contribution in [0.25, 0.3) is 0 Å². The van der Waals surface area contributed by atoms with Gasteiger partial charge in [0.2, 0.25) is 0 Å². The van der Waals surface area contributed by atoms with Crippen molar-refractivity contribution in [1.82, 2.24) is 10.6 Å². The standard InChI is InChI=1S/C15H21FN2O3.H2O/c1-10-8-11(16)2-3-13(10)14-9-12(4-5-17-14)21-15(20)18-6-7-19;/h2-3,8,12,14,17,19H,4-7,9H2,1H3,(H,18,20);1H2/t12-,14+;/m0./s1. The number of rotatable bonds is 4. The summed E-state index contributed by atoms with van der Waals surface area (Å²) in [5.41, 5.74) is 1.92. The third-order valence-electron chi connectivity index (χ3n) is 3.62. The van der Waals surface area contributed by atoms with Gasteiger partial charge in [-0.2, -0.15) is 0 Å². The third-order valence-corrected chi connectivity index (χ3v) is 3.62. The second-order valence-corrected chi connectivity index (χ2v) is 5.21. The van der Waals surface area contributed by atoms with E-state index in [0.29, 0.717) is 6.42 Å². The molecule has 1 aliphatic rings. The Labute approximate surface area is 129 Å². The summed E-state index contributed by atoms with van der Waals surface area (Å²) in [4.78, 5) is 11.5. The van der Waals surface area contributed by atoms with Crippen LogP contribution in [-0.2, 0) is 4.74 Å². The van der Waals surface area contributed by atoms with Crippen LogP contribution in [0.2, 0.25) is 0 Å². The lowest BCUT2D eigenvalue weighted by Crippen LogP contribution is -2.39. The minimum atomic E-state index is -0.509. The molecule has 0 bridgehead atoms. The van der Waals surface area contributed by atoms with Crippen molar-refractivity contribution < 1.29 is 24.5 Å². The summed E-state index contributed by atoms with van der Waals surface area (Å²) in [5.74, 6) is -0.247. The molecule has 2 rings (SSSR count). The zero-order chi connectivity index (χ0) is 15.2. The Balaban J connectivity index is 0.00000242. The number of carbonyl (C=O) groups excluding carboxylic acids is 1. The second kappa shape index (κ2) is 8.67. The van der Waals surface area contributed by atoms with Crippen molar-refractivity contribution >= 4 is 6.09 Å². The number of nitrogens with one attached hydrogen (secondary N) is 2. The molecule has 1 aromatic rings. The van der Waals surface area contributed by atoms with E-state index in [2.05, 4.69) is 10.6 Å². The van der Waals surface area contributed by atoms with Crippen LogP contribution in [0.4, 0.5) is 9.18 Å². The Bertz CT molecular complexity index is 498. The normalized spacial score (nSPS) is 20.9. The first-order chi connectivity index (χ1) is 10.1. The summed E-state index contributed by atoms with van der Waals surface area (Å²) in [6, 6.07) is 4.78. The van der Waals surface area contributed by atoms with Gasteiger partial charge in [0.1, 0.15) is 11.9 Å². The fourth-order valence-electron chi connectivity index (χ4n) is 2.61. The van der Waals surface area contributed by atoms with E-state index in [1.807, 2.05) is 6.92 Å². The number of ether oxygens (including phenoxy) is 1. The first-order valence-electron chi connectivity index (χ1n) is 7.15. The topological polar surface area (TPSA) is 102 Å². The lowest BCUT2D eigenvalue weighted by molar-refractivity contribution is 0.0674. The number of halogens is 1. The first kappa shape index (κ1) is 18.3. The fourth-order valence-corrected chi connectivity index (χ4v) is 2.61. The number of piperidine rings is 1. The molecule has 22 heavy (non-hydrogen) atoms. The molecule has 2 atom stereocenters. The van der Waals surface area contributed by atoms with E-state index in [1.54, 1.807) is 6.07 Å². The van der Waals surface area contributed by atoms with Gasteiger partial charge in [-0.05, 0) is 43.1 Å². The molecule has 0 aliphatic carbocycles. The van der Waals surface area contributed by atoms with Crippen molar-refractivity contribution in [2.75, 3.05) is 19.7 Å². The second-order valence-electron chi connectivity index (χ2n) is 5.21. The number of benzene rings is 1. The van der Waals surface area contributed by atoms with Crippen LogP contribution in [0, 0.1) is 12.7 Å². The predicted octanol–water partition coefficient (Wildman–Crippen LogP) is 0.821. The molecule has 124 valence electrons. The minimum absolute atomic E-state index is 0. The van der Waals surface area contributed by atoms with Crippen molar-refractivity contribution in [2.24, 2.45) is 0 Å².